The van der Waals surface area contributed by atoms with Crippen LogP contribution < -0.4 is 0 Å². The third kappa shape index (κ3) is 6.10. The van der Waals surface area contributed by atoms with E-state index in [1.165, 1.54) is 0 Å². The monoisotopic (exact) mass is 445 g/mol. The van der Waals surface area contributed by atoms with Gasteiger partial charge in [0.05, 0.1) is 5.52 Å². The van der Waals surface area contributed by atoms with Crippen molar-refractivity contribution < 1.29 is 14.3 Å². The van der Waals surface area contributed by atoms with Gasteiger partial charge in [-0.25, -0.2) is 9.78 Å². The fraction of sp³-hybridized carbons (Fsp3) is 0.542. The van der Waals surface area contributed by atoms with E-state index in [2.05, 4.69) is 4.98 Å². The van der Waals surface area contributed by atoms with E-state index in [9.17, 15) is 9.59 Å². The number of amides is 2. The summed E-state index contributed by atoms with van der Waals surface area (Å²) in [4.78, 5) is 33.8. The molecule has 0 aliphatic carbocycles. The van der Waals surface area contributed by atoms with Gasteiger partial charge in [-0.3, -0.25) is 4.79 Å². The normalized spacial score (nSPS) is 17.1. The number of piperidine rings is 1. The first kappa shape index (κ1) is 23.3. The number of pyridine rings is 1. The number of fused-ring (bicyclic) bond motifs is 1. The predicted molar refractivity (Wildman–Crippen MR) is 123 cm³/mol. The summed E-state index contributed by atoms with van der Waals surface area (Å²) < 4.78 is 5.59. The second-order valence-electron chi connectivity index (χ2n) is 9.53. The first-order valence-electron chi connectivity index (χ1n) is 10.9. The average molecular weight is 446 g/mol. The summed E-state index contributed by atoms with van der Waals surface area (Å²) in [5.41, 5.74) is 0.879. The average Bonchev–Trinajstić information content (AvgIpc) is 2.69. The SMILES string of the molecule is CC(C)N(CC1CCCN(C(=O)c2ccc3nc(Cl)ccc3c2)C1)C(=O)OC(C)(C)C. The van der Waals surface area contributed by atoms with Gasteiger partial charge < -0.3 is 14.5 Å². The van der Waals surface area contributed by atoms with Crippen LogP contribution in [0.3, 0.4) is 0 Å². The molecule has 1 unspecified atom stereocenters. The molecule has 0 N–H and O–H groups in total. The van der Waals surface area contributed by atoms with E-state index in [-0.39, 0.29) is 24.0 Å². The van der Waals surface area contributed by atoms with Gasteiger partial charge in [0.25, 0.3) is 5.91 Å². The van der Waals surface area contributed by atoms with Crippen molar-refractivity contribution in [1.29, 1.82) is 0 Å². The van der Waals surface area contributed by atoms with Crippen LogP contribution in [0.15, 0.2) is 30.3 Å². The van der Waals surface area contributed by atoms with Gasteiger partial charge in [0.15, 0.2) is 0 Å². The molecule has 6 nitrogen and oxygen atoms in total. The van der Waals surface area contributed by atoms with Crippen molar-refractivity contribution in [2.75, 3.05) is 19.6 Å². The van der Waals surface area contributed by atoms with E-state index in [0.29, 0.717) is 23.8 Å². The number of rotatable bonds is 4. The highest BCUT2D eigenvalue weighted by Crippen LogP contribution is 2.23. The number of carbonyl (C=O) groups is 2. The van der Waals surface area contributed by atoms with Gasteiger partial charge in [-0.1, -0.05) is 11.6 Å². The van der Waals surface area contributed by atoms with Crippen LogP contribution in [0.25, 0.3) is 10.9 Å². The molecule has 0 spiro atoms. The zero-order chi connectivity index (χ0) is 22.8. The first-order valence-corrected chi connectivity index (χ1v) is 11.3. The van der Waals surface area contributed by atoms with Crippen molar-refractivity contribution in [2.45, 2.75) is 59.1 Å². The fourth-order valence-electron chi connectivity index (χ4n) is 3.91. The smallest absolute Gasteiger partial charge is 0.410 e. The van der Waals surface area contributed by atoms with Gasteiger partial charge in [-0.2, -0.15) is 0 Å². The van der Waals surface area contributed by atoms with Gasteiger partial charge in [-0.05, 0) is 83.7 Å². The molecule has 2 amide bonds. The Morgan fingerprint density at radius 3 is 2.68 bits per heavy atom. The summed E-state index contributed by atoms with van der Waals surface area (Å²) in [7, 11) is 0. The van der Waals surface area contributed by atoms with Crippen molar-refractivity contribution >= 4 is 34.5 Å². The predicted octanol–water partition coefficient (Wildman–Crippen LogP) is 5.39. The quantitative estimate of drug-likeness (QED) is 0.592. The van der Waals surface area contributed by atoms with Gasteiger partial charge in [0, 0.05) is 36.6 Å². The lowest BCUT2D eigenvalue weighted by Crippen LogP contribution is -2.48. The molecule has 168 valence electrons. The van der Waals surface area contributed by atoms with Gasteiger partial charge in [0.2, 0.25) is 0 Å². The number of hydrogen-bond acceptors (Lipinski definition) is 4. The summed E-state index contributed by atoms with van der Waals surface area (Å²) in [6, 6.07) is 9.14. The van der Waals surface area contributed by atoms with Crippen LogP contribution in [0, 0.1) is 5.92 Å². The number of ether oxygens (including phenoxy) is 1. The van der Waals surface area contributed by atoms with E-state index < -0.39 is 5.60 Å². The maximum Gasteiger partial charge on any atom is 0.410 e. The highest BCUT2D eigenvalue weighted by Gasteiger charge is 2.30. The van der Waals surface area contributed by atoms with Crippen LogP contribution in [-0.2, 0) is 4.74 Å². The fourth-order valence-corrected chi connectivity index (χ4v) is 4.06. The van der Waals surface area contributed by atoms with E-state index in [0.717, 1.165) is 30.3 Å². The Kier molecular flexibility index (Phi) is 7.10. The number of aromatic nitrogens is 1. The van der Waals surface area contributed by atoms with Crippen molar-refractivity contribution in [1.82, 2.24) is 14.8 Å². The molecule has 0 radical (unpaired) electrons. The molecule has 1 fully saturated rings. The lowest BCUT2D eigenvalue weighted by atomic mass is 9.96. The van der Waals surface area contributed by atoms with Gasteiger partial charge in [0.1, 0.15) is 10.8 Å². The van der Waals surface area contributed by atoms with Gasteiger partial charge >= 0.3 is 6.09 Å². The lowest BCUT2D eigenvalue weighted by Gasteiger charge is -2.37. The zero-order valence-corrected chi connectivity index (χ0v) is 19.8. The van der Waals surface area contributed by atoms with Gasteiger partial charge in [-0.15, -0.1) is 0 Å². The molecule has 1 atom stereocenters. The van der Waals surface area contributed by atoms with Crippen LogP contribution >= 0.6 is 11.6 Å². The van der Waals surface area contributed by atoms with E-state index in [4.69, 9.17) is 16.3 Å². The largest absolute Gasteiger partial charge is 0.444 e. The molecule has 2 aromatic rings. The van der Waals surface area contributed by atoms with Crippen LogP contribution in [0.5, 0.6) is 0 Å². The highest BCUT2D eigenvalue weighted by molar-refractivity contribution is 6.29. The zero-order valence-electron chi connectivity index (χ0n) is 19.0. The van der Waals surface area contributed by atoms with Crippen LogP contribution in [-0.4, -0.2) is 58.1 Å². The summed E-state index contributed by atoms with van der Waals surface area (Å²) in [6.45, 7) is 11.5. The number of benzene rings is 1. The Morgan fingerprint density at radius 1 is 1.26 bits per heavy atom. The molecule has 1 aromatic heterocycles. The Morgan fingerprint density at radius 2 is 2.00 bits per heavy atom. The summed E-state index contributed by atoms with van der Waals surface area (Å²) in [6.07, 6.45) is 1.60. The summed E-state index contributed by atoms with van der Waals surface area (Å²) in [5.74, 6) is 0.225. The minimum atomic E-state index is -0.534. The minimum absolute atomic E-state index is 0.00918. The summed E-state index contributed by atoms with van der Waals surface area (Å²) in [5, 5.41) is 1.32. The molecule has 1 aliphatic rings. The number of hydrogen-bond donors (Lipinski definition) is 0. The van der Waals surface area contributed by atoms with Crippen LogP contribution in [0.4, 0.5) is 4.79 Å². The first-order chi connectivity index (χ1) is 14.5. The standard InChI is InChI=1S/C24H32ClN3O3/c1-16(2)28(23(30)31-24(3,4)5)15-17-7-6-12-27(14-17)22(29)19-8-10-20-18(13-19)9-11-21(25)26-20/h8-11,13,16-17H,6-7,12,14-15H2,1-5H3. The molecule has 3 rings (SSSR count). The maximum atomic E-state index is 13.2. The lowest BCUT2D eigenvalue weighted by molar-refractivity contribution is 0.0124. The topological polar surface area (TPSA) is 62.7 Å². The third-order valence-corrected chi connectivity index (χ3v) is 5.63. The highest BCUT2D eigenvalue weighted by atomic mass is 35.5. The Labute approximate surface area is 189 Å². The molecule has 31 heavy (non-hydrogen) atoms. The molecule has 2 heterocycles. The second-order valence-corrected chi connectivity index (χ2v) is 9.91. The summed E-state index contributed by atoms with van der Waals surface area (Å²) >= 11 is 5.96. The number of carbonyl (C=O) groups excluding carboxylic acids is 2. The molecular formula is C24H32ClN3O3. The number of halogens is 1. The molecular weight excluding hydrogens is 414 g/mol. The number of likely N-dealkylation sites (tertiary alicyclic amines) is 1. The van der Waals surface area contributed by atoms with Crippen LogP contribution in [0.1, 0.15) is 57.8 Å². The van der Waals surface area contributed by atoms with Crippen molar-refractivity contribution in [3.8, 4) is 0 Å². The van der Waals surface area contributed by atoms with E-state index >= 15 is 0 Å². The maximum absolute atomic E-state index is 13.2. The minimum Gasteiger partial charge on any atom is -0.444 e. The Balaban J connectivity index is 1.69. The number of nitrogens with zero attached hydrogens (tertiary/aromatic N) is 3. The molecule has 1 saturated heterocycles. The van der Waals surface area contributed by atoms with Crippen molar-refractivity contribution in [3.05, 3.63) is 41.0 Å². The van der Waals surface area contributed by atoms with Crippen molar-refractivity contribution in [2.24, 2.45) is 5.92 Å². The van der Waals surface area contributed by atoms with Crippen molar-refractivity contribution in [3.63, 3.8) is 0 Å². The molecule has 0 bridgehead atoms. The van der Waals surface area contributed by atoms with E-state index in [1.807, 2.05) is 57.7 Å². The van der Waals surface area contributed by atoms with Crippen LogP contribution in [0.2, 0.25) is 5.15 Å². The second kappa shape index (κ2) is 9.43. The molecule has 0 saturated carbocycles. The molecule has 1 aromatic carbocycles. The Hall–Kier alpha value is -2.34. The Bertz CT molecular complexity index is 955. The molecule has 7 heteroatoms. The van der Waals surface area contributed by atoms with E-state index in [1.54, 1.807) is 17.0 Å². The molecule has 1 aliphatic heterocycles. The third-order valence-electron chi connectivity index (χ3n) is 5.41.